The van der Waals surface area contributed by atoms with Crippen molar-refractivity contribution in [3.05, 3.63) is 112 Å². The Morgan fingerprint density at radius 2 is 1.58 bits per heavy atom. The third kappa shape index (κ3) is 9.33. The molecule has 14 heteroatoms. The molecule has 48 heavy (non-hydrogen) atoms. The SMILES string of the molecule is CC(Cc1cccc(C(F)(F)F)c1)NCCOC(=O)c1ccccc1.Cl.O=c1c(O)c(-c2ccc(O)c(O)c2)oc2cc(O)cc(O)c12. The Hall–Kier alpha value is -5.40. The number of phenolic OH excluding ortho intramolecular Hbond substituents is 4. The highest BCUT2D eigenvalue weighted by molar-refractivity contribution is 5.89. The second-order valence-corrected chi connectivity index (χ2v) is 10.4. The maximum atomic E-state index is 12.7. The highest BCUT2D eigenvalue weighted by Crippen LogP contribution is 2.37. The van der Waals surface area contributed by atoms with Crippen LogP contribution in [0.15, 0.2) is 94.1 Å². The Kier molecular flexibility index (Phi) is 12.3. The van der Waals surface area contributed by atoms with Crippen molar-refractivity contribution < 1.29 is 52.7 Å². The predicted octanol–water partition coefficient (Wildman–Crippen LogP) is 6.49. The quantitative estimate of drug-likeness (QED) is 0.0601. The molecule has 0 fully saturated rings. The zero-order valence-electron chi connectivity index (χ0n) is 25.2. The molecule has 0 aliphatic heterocycles. The molecule has 0 saturated heterocycles. The molecule has 10 nitrogen and oxygen atoms in total. The van der Waals surface area contributed by atoms with Gasteiger partial charge in [0.1, 0.15) is 29.1 Å². The fourth-order valence-corrected chi connectivity index (χ4v) is 4.54. The van der Waals surface area contributed by atoms with Gasteiger partial charge in [-0.15, -0.1) is 12.4 Å². The third-order valence-corrected chi connectivity index (χ3v) is 6.81. The van der Waals surface area contributed by atoms with Gasteiger partial charge in [0.15, 0.2) is 17.3 Å². The van der Waals surface area contributed by atoms with Crippen LogP contribution in [0.3, 0.4) is 0 Å². The van der Waals surface area contributed by atoms with E-state index in [0.29, 0.717) is 24.1 Å². The van der Waals surface area contributed by atoms with E-state index in [4.69, 9.17) is 9.15 Å². The molecule has 254 valence electrons. The van der Waals surface area contributed by atoms with E-state index in [9.17, 15) is 48.3 Å². The van der Waals surface area contributed by atoms with Crippen LogP contribution in [0.2, 0.25) is 0 Å². The lowest BCUT2D eigenvalue weighted by atomic mass is 10.0. The summed E-state index contributed by atoms with van der Waals surface area (Å²) < 4.78 is 48.6. The summed E-state index contributed by atoms with van der Waals surface area (Å²) in [7, 11) is 0. The maximum Gasteiger partial charge on any atom is 0.416 e. The summed E-state index contributed by atoms with van der Waals surface area (Å²) in [5.41, 5.74) is -0.441. The lowest BCUT2D eigenvalue weighted by Gasteiger charge is -2.15. The van der Waals surface area contributed by atoms with Crippen molar-refractivity contribution in [2.24, 2.45) is 0 Å². The van der Waals surface area contributed by atoms with Crippen LogP contribution in [0.4, 0.5) is 13.2 Å². The molecule has 1 aromatic heterocycles. The van der Waals surface area contributed by atoms with Crippen molar-refractivity contribution in [3.63, 3.8) is 0 Å². The average molecular weight is 690 g/mol. The van der Waals surface area contributed by atoms with Crippen LogP contribution >= 0.6 is 12.4 Å². The molecule has 4 aromatic carbocycles. The number of rotatable bonds is 8. The summed E-state index contributed by atoms with van der Waals surface area (Å²) in [6, 6.07) is 19.6. The second-order valence-electron chi connectivity index (χ2n) is 10.4. The number of phenols is 4. The molecule has 1 heterocycles. The van der Waals surface area contributed by atoms with E-state index in [1.165, 1.54) is 12.1 Å². The fourth-order valence-electron chi connectivity index (χ4n) is 4.54. The summed E-state index contributed by atoms with van der Waals surface area (Å²) >= 11 is 0. The van der Waals surface area contributed by atoms with Crippen molar-refractivity contribution in [3.8, 4) is 40.1 Å². The first-order valence-electron chi connectivity index (χ1n) is 14.1. The van der Waals surface area contributed by atoms with E-state index >= 15 is 0 Å². The molecule has 1 unspecified atom stereocenters. The minimum Gasteiger partial charge on any atom is -0.508 e. The van der Waals surface area contributed by atoms with Crippen molar-refractivity contribution in [2.75, 3.05) is 13.2 Å². The second kappa shape index (κ2) is 15.9. The van der Waals surface area contributed by atoms with E-state index in [1.807, 2.05) is 13.0 Å². The molecule has 0 spiro atoms. The van der Waals surface area contributed by atoms with E-state index < -0.39 is 40.4 Å². The Morgan fingerprint density at radius 3 is 2.25 bits per heavy atom. The molecule has 5 rings (SSSR count). The zero-order chi connectivity index (χ0) is 34.3. The van der Waals surface area contributed by atoms with Gasteiger partial charge in [0, 0.05) is 30.3 Å². The topological polar surface area (TPSA) is 170 Å². The smallest absolute Gasteiger partial charge is 0.416 e. The van der Waals surface area contributed by atoms with Gasteiger partial charge in [-0.1, -0.05) is 36.4 Å². The van der Waals surface area contributed by atoms with Crippen molar-refractivity contribution in [1.82, 2.24) is 5.32 Å². The van der Waals surface area contributed by atoms with Gasteiger partial charge in [-0.3, -0.25) is 4.79 Å². The van der Waals surface area contributed by atoms with Crippen LogP contribution in [0.25, 0.3) is 22.3 Å². The van der Waals surface area contributed by atoms with Crippen LogP contribution in [0.1, 0.15) is 28.4 Å². The van der Waals surface area contributed by atoms with Crippen LogP contribution in [0, 0.1) is 0 Å². The molecular weight excluding hydrogens is 659 g/mol. The molecule has 0 saturated carbocycles. The molecular formula is C34H31ClF3NO9. The molecule has 0 amide bonds. The van der Waals surface area contributed by atoms with Gasteiger partial charge >= 0.3 is 12.1 Å². The average Bonchev–Trinajstić information content (AvgIpc) is 3.02. The first-order chi connectivity index (χ1) is 22.2. The molecule has 5 aromatic rings. The predicted molar refractivity (Wildman–Crippen MR) is 173 cm³/mol. The van der Waals surface area contributed by atoms with E-state index in [-0.39, 0.29) is 58.8 Å². The number of fused-ring (bicyclic) bond motifs is 1. The Bertz CT molecular complexity index is 1930. The van der Waals surface area contributed by atoms with Gasteiger partial charge in [0.05, 0.1) is 11.1 Å². The molecule has 0 radical (unpaired) electrons. The van der Waals surface area contributed by atoms with Crippen LogP contribution in [-0.2, 0) is 17.3 Å². The lowest BCUT2D eigenvalue weighted by Crippen LogP contribution is -2.31. The fraction of sp³-hybridized carbons (Fsp3) is 0.176. The number of benzene rings is 4. The van der Waals surface area contributed by atoms with Crippen molar-refractivity contribution in [2.45, 2.75) is 25.6 Å². The summed E-state index contributed by atoms with van der Waals surface area (Å²) in [5.74, 6) is -3.11. The van der Waals surface area contributed by atoms with Gasteiger partial charge in [0.25, 0.3) is 0 Å². The summed E-state index contributed by atoms with van der Waals surface area (Å²) in [6.07, 6.45) is -3.88. The molecule has 0 aliphatic rings. The number of hydrogen-bond acceptors (Lipinski definition) is 10. The normalized spacial score (nSPS) is 11.6. The maximum absolute atomic E-state index is 12.7. The van der Waals surface area contributed by atoms with E-state index in [0.717, 1.165) is 36.4 Å². The highest BCUT2D eigenvalue weighted by Gasteiger charge is 2.30. The summed E-state index contributed by atoms with van der Waals surface area (Å²) in [5, 5.41) is 50.8. The number of carbonyl (C=O) groups excluding carboxylic acids is 1. The van der Waals surface area contributed by atoms with Crippen molar-refractivity contribution >= 4 is 29.3 Å². The Morgan fingerprint density at radius 1 is 0.875 bits per heavy atom. The van der Waals surface area contributed by atoms with Gasteiger partial charge in [-0.2, -0.15) is 13.2 Å². The zero-order valence-corrected chi connectivity index (χ0v) is 26.0. The number of ether oxygens (including phenoxy) is 1. The van der Waals surface area contributed by atoms with E-state index in [2.05, 4.69) is 5.32 Å². The number of aromatic hydroxyl groups is 5. The Labute approximate surface area is 277 Å². The number of nitrogens with one attached hydrogen (secondary N) is 1. The van der Waals surface area contributed by atoms with Gasteiger partial charge < -0.3 is 40.0 Å². The monoisotopic (exact) mass is 689 g/mol. The number of carbonyl (C=O) groups is 1. The third-order valence-electron chi connectivity index (χ3n) is 6.81. The largest absolute Gasteiger partial charge is 0.508 e. The van der Waals surface area contributed by atoms with Gasteiger partial charge in [-0.25, -0.2) is 4.79 Å². The molecule has 0 aliphatic carbocycles. The van der Waals surface area contributed by atoms with Crippen LogP contribution < -0.4 is 10.7 Å². The standard InChI is InChI=1S/C19H20F3NO2.C15H10O7.ClH/c1-14(12-15-6-5-9-17(13-15)19(20,21)22)23-10-11-25-18(24)16-7-3-2-4-8-16;16-7-4-10(19)12-11(5-7)22-15(14(21)13(12)20)6-1-2-8(17)9(18)3-6;/h2-9,13-14,23H,10-12H2,1H3;1-5,16-19,21H;1H. The number of esters is 1. The van der Waals surface area contributed by atoms with Gasteiger partial charge in [-0.05, 0) is 55.3 Å². The number of halogens is 4. The van der Waals surface area contributed by atoms with Crippen molar-refractivity contribution in [1.29, 1.82) is 0 Å². The molecule has 1 atom stereocenters. The van der Waals surface area contributed by atoms with Crippen LogP contribution in [0.5, 0.6) is 28.7 Å². The van der Waals surface area contributed by atoms with E-state index in [1.54, 1.807) is 30.3 Å². The number of hydrogen-bond donors (Lipinski definition) is 6. The minimum absolute atomic E-state index is 0. The molecule has 0 bridgehead atoms. The number of alkyl halides is 3. The van der Waals surface area contributed by atoms with Gasteiger partial charge in [0.2, 0.25) is 11.2 Å². The first-order valence-corrected chi connectivity index (χ1v) is 14.1. The Balaban J connectivity index is 0.000000257. The lowest BCUT2D eigenvalue weighted by molar-refractivity contribution is -0.137. The van der Waals surface area contributed by atoms with Crippen LogP contribution in [-0.4, -0.2) is 50.7 Å². The minimum atomic E-state index is -4.34. The first kappa shape index (κ1) is 37.1. The summed E-state index contributed by atoms with van der Waals surface area (Å²) in [6.45, 7) is 2.50. The highest BCUT2D eigenvalue weighted by atomic mass is 35.5. The summed E-state index contributed by atoms with van der Waals surface area (Å²) in [4.78, 5) is 23.9. The molecule has 6 N–H and O–H groups in total.